The topological polar surface area (TPSA) is 73.5 Å². The second-order valence-electron chi connectivity index (χ2n) is 2.78. The zero-order valence-corrected chi connectivity index (χ0v) is 6.63. The first-order valence-corrected chi connectivity index (χ1v) is 3.86. The molecule has 0 aliphatic carbocycles. The highest BCUT2D eigenvalue weighted by Crippen LogP contribution is 2.12. The Balaban J connectivity index is 2.16. The van der Waals surface area contributed by atoms with Crippen LogP contribution in [0.1, 0.15) is 6.92 Å². The molecule has 2 rings (SSSR count). The monoisotopic (exact) mass is 170 g/mol. The van der Waals surface area contributed by atoms with Gasteiger partial charge in [0.1, 0.15) is 12.3 Å². The van der Waals surface area contributed by atoms with Crippen molar-refractivity contribution in [1.29, 1.82) is 0 Å². The van der Waals surface area contributed by atoms with Gasteiger partial charge in [-0.15, -0.1) is 0 Å². The van der Waals surface area contributed by atoms with Gasteiger partial charge in [0.25, 0.3) is 0 Å². The first kappa shape index (κ1) is 7.20. The second kappa shape index (κ2) is 2.26. The summed E-state index contributed by atoms with van der Waals surface area (Å²) in [6, 6.07) is -0.372. The van der Waals surface area contributed by atoms with Crippen LogP contribution in [0.4, 0.5) is 9.59 Å². The van der Waals surface area contributed by atoms with Crippen molar-refractivity contribution in [3.8, 4) is 0 Å². The molecule has 0 aromatic heterocycles. The number of fused-ring (bicyclic) bond motifs is 1. The predicted octanol–water partition coefficient (Wildman–Crippen LogP) is -1.00. The van der Waals surface area contributed by atoms with Gasteiger partial charge in [0.05, 0.1) is 0 Å². The number of nitrogens with zero attached hydrogens (tertiary/aromatic N) is 1. The van der Waals surface area contributed by atoms with Crippen LogP contribution in [0, 0.1) is 0 Å². The normalized spacial score (nSPS) is 32.6. The number of hydrogen-bond donors (Lipinski definition) is 3. The van der Waals surface area contributed by atoms with E-state index in [2.05, 4.69) is 16.0 Å². The second-order valence-corrected chi connectivity index (χ2v) is 2.78. The summed E-state index contributed by atoms with van der Waals surface area (Å²) in [5.74, 6) is 0. The maximum atomic E-state index is 11.1. The van der Waals surface area contributed by atoms with Crippen molar-refractivity contribution in [3.05, 3.63) is 0 Å². The molecular formula is C6H10N4O2. The summed E-state index contributed by atoms with van der Waals surface area (Å²) in [6.07, 6.45) is -0.500. The summed E-state index contributed by atoms with van der Waals surface area (Å²) in [4.78, 5) is 23.5. The highest BCUT2D eigenvalue weighted by Gasteiger charge is 2.44. The highest BCUT2D eigenvalue weighted by molar-refractivity contribution is 5.84. The molecule has 2 aliphatic rings. The molecule has 2 saturated heterocycles. The Morgan fingerprint density at radius 1 is 1.33 bits per heavy atom. The average molecular weight is 170 g/mol. The van der Waals surface area contributed by atoms with Crippen LogP contribution < -0.4 is 16.0 Å². The summed E-state index contributed by atoms with van der Waals surface area (Å²) < 4.78 is 0. The Morgan fingerprint density at radius 2 is 2.08 bits per heavy atom. The number of carbonyl (C=O) groups is 2. The fourth-order valence-corrected chi connectivity index (χ4v) is 1.53. The lowest BCUT2D eigenvalue weighted by molar-refractivity contribution is 0.200. The van der Waals surface area contributed by atoms with Crippen LogP contribution in [0.15, 0.2) is 0 Å². The van der Waals surface area contributed by atoms with Crippen molar-refractivity contribution in [3.63, 3.8) is 0 Å². The molecule has 2 aliphatic heterocycles. The molecule has 0 aromatic carbocycles. The number of rotatable bonds is 1. The number of likely N-dealkylation sites (N-methyl/N-ethyl adjacent to an activating group) is 1. The maximum Gasteiger partial charge on any atom is 0.320 e. The van der Waals surface area contributed by atoms with E-state index in [1.54, 1.807) is 4.90 Å². The first-order chi connectivity index (χ1) is 5.72. The first-order valence-electron chi connectivity index (χ1n) is 3.86. The number of carbonyl (C=O) groups excluding carboxylic acids is 2. The zero-order chi connectivity index (χ0) is 8.72. The molecule has 66 valence electrons. The predicted molar refractivity (Wildman–Crippen MR) is 40.2 cm³/mol. The molecule has 4 amide bonds. The lowest BCUT2D eigenvalue weighted by atomic mass is 10.4. The van der Waals surface area contributed by atoms with Crippen molar-refractivity contribution in [1.82, 2.24) is 20.9 Å². The molecule has 0 saturated carbocycles. The van der Waals surface area contributed by atoms with E-state index in [0.717, 1.165) is 0 Å². The molecule has 6 heteroatoms. The quantitative estimate of drug-likeness (QED) is 0.472. The highest BCUT2D eigenvalue weighted by atomic mass is 16.2. The molecule has 3 N–H and O–H groups in total. The van der Waals surface area contributed by atoms with Crippen LogP contribution in [-0.4, -0.2) is 35.8 Å². The molecule has 2 fully saturated rings. The van der Waals surface area contributed by atoms with Gasteiger partial charge < -0.3 is 20.9 Å². The number of hydrogen-bond acceptors (Lipinski definition) is 2. The van der Waals surface area contributed by atoms with Gasteiger partial charge >= 0.3 is 12.1 Å². The minimum absolute atomic E-state index is 0.139. The third kappa shape index (κ3) is 0.806. The van der Waals surface area contributed by atoms with Crippen LogP contribution in [-0.2, 0) is 0 Å². The van der Waals surface area contributed by atoms with Gasteiger partial charge in [-0.05, 0) is 6.92 Å². The fourth-order valence-electron chi connectivity index (χ4n) is 1.53. The number of nitrogens with one attached hydrogen (secondary N) is 3. The summed E-state index contributed by atoms with van der Waals surface area (Å²) in [5.41, 5.74) is 0. The lowest BCUT2D eigenvalue weighted by Gasteiger charge is -2.18. The third-order valence-corrected chi connectivity index (χ3v) is 2.10. The molecule has 0 unspecified atom stereocenters. The average Bonchev–Trinajstić information content (AvgIpc) is 2.43. The lowest BCUT2D eigenvalue weighted by Crippen LogP contribution is -2.43. The Labute approximate surface area is 69.3 Å². The molecule has 0 radical (unpaired) electrons. The molecule has 0 aromatic rings. The Morgan fingerprint density at radius 3 is 2.75 bits per heavy atom. The van der Waals surface area contributed by atoms with Gasteiger partial charge in [0.15, 0.2) is 0 Å². The van der Waals surface area contributed by atoms with E-state index >= 15 is 0 Å². The minimum Gasteiger partial charge on any atom is -0.314 e. The molecule has 2 atom stereocenters. The van der Waals surface area contributed by atoms with Gasteiger partial charge in [0, 0.05) is 6.54 Å². The molecular weight excluding hydrogens is 160 g/mol. The maximum absolute atomic E-state index is 11.1. The Bertz CT molecular complexity index is 242. The van der Waals surface area contributed by atoms with Crippen molar-refractivity contribution < 1.29 is 9.59 Å². The Hall–Kier alpha value is -1.46. The van der Waals surface area contributed by atoms with Crippen molar-refractivity contribution >= 4 is 12.1 Å². The molecule has 0 bridgehead atoms. The molecule has 12 heavy (non-hydrogen) atoms. The standard InChI is InChI=1S/C6H10N4O2/c1-2-10-4-3(8-6(10)12)7-5(11)9-4/h3-4H,2H2,1H3,(H,8,12)(H2,7,9,11)/t3-,4+/m0/s1. The van der Waals surface area contributed by atoms with Crippen molar-refractivity contribution in [2.45, 2.75) is 19.3 Å². The van der Waals surface area contributed by atoms with Crippen LogP contribution in [0.25, 0.3) is 0 Å². The van der Waals surface area contributed by atoms with Gasteiger partial charge in [0.2, 0.25) is 0 Å². The van der Waals surface area contributed by atoms with Crippen LogP contribution in [0.5, 0.6) is 0 Å². The molecule has 0 spiro atoms. The minimum atomic E-state index is -0.273. The van der Waals surface area contributed by atoms with Crippen LogP contribution >= 0.6 is 0 Å². The fraction of sp³-hybridized carbons (Fsp3) is 0.667. The zero-order valence-electron chi connectivity index (χ0n) is 6.63. The molecule has 6 nitrogen and oxygen atoms in total. The third-order valence-electron chi connectivity index (χ3n) is 2.10. The van der Waals surface area contributed by atoms with Gasteiger partial charge in [-0.2, -0.15) is 0 Å². The van der Waals surface area contributed by atoms with E-state index in [1.807, 2.05) is 6.92 Å². The van der Waals surface area contributed by atoms with Crippen molar-refractivity contribution in [2.24, 2.45) is 0 Å². The summed E-state index contributed by atoms with van der Waals surface area (Å²) in [7, 11) is 0. The van der Waals surface area contributed by atoms with Gasteiger partial charge in [-0.3, -0.25) is 0 Å². The van der Waals surface area contributed by atoms with E-state index in [1.165, 1.54) is 0 Å². The van der Waals surface area contributed by atoms with E-state index in [0.29, 0.717) is 6.54 Å². The smallest absolute Gasteiger partial charge is 0.314 e. The Kier molecular flexibility index (Phi) is 1.36. The summed E-state index contributed by atoms with van der Waals surface area (Å²) >= 11 is 0. The van der Waals surface area contributed by atoms with Gasteiger partial charge in [-0.25, -0.2) is 9.59 Å². The number of urea groups is 2. The van der Waals surface area contributed by atoms with E-state index in [9.17, 15) is 9.59 Å². The van der Waals surface area contributed by atoms with Crippen LogP contribution in [0.2, 0.25) is 0 Å². The largest absolute Gasteiger partial charge is 0.320 e. The number of amides is 4. The summed E-state index contributed by atoms with van der Waals surface area (Å²) in [6.45, 7) is 2.46. The molecule has 2 heterocycles. The van der Waals surface area contributed by atoms with Gasteiger partial charge in [-0.1, -0.05) is 0 Å². The van der Waals surface area contributed by atoms with Crippen molar-refractivity contribution in [2.75, 3.05) is 6.54 Å². The van der Waals surface area contributed by atoms with E-state index in [-0.39, 0.29) is 24.4 Å². The van der Waals surface area contributed by atoms with E-state index in [4.69, 9.17) is 0 Å². The SMILES string of the molecule is CCN1C(=O)N[C@@H]2NC(=O)N[C@@H]21. The summed E-state index contributed by atoms with van der Waals surface area (Å²) in [5, 5.41) is 7.87. The van der Waals surface area contributed by atoms with E-state index < -0.39 is 0 Å². The van der Waals surface area contributed by atoms with Crippen LogP contribution in [0.3, 0.4) is 0 Å².